The molecule has 0 aliphatic heterocycles. The monoisotopic (exact) mass is 458 g/mol. The highest BCUT2D eigenvalue weighted by atomic mass is 35.5. The normalized spacial score (nSPS) is 12.9. The molecule has 14 heteroatoms. The zero-order valence-corrected chi connectivity index (χ0v) is 15.2. The fraction of sp³-hybridized carbons (Fsp3) is 0.429. The summed E-state index contributed by atoms with van der Waals surface area (Å²) < 4.78 is 97.7. The number of rotatable bonds is 8. The van der Waals surface area contributed by atoms with Crippen molar-refractivity contribution in [2.75, 3.05) is 13.2 Å². The number of alkyl halides is 7. The highest BCUT2D eigenvalue weighted by Crippen LogP contribution is 2.45. The quantitative estimate of drug-likeness (QED) is 0.202. The number of carbonyl (C=O) groups is 1. The number of carbonyl (C=O) groups excluding carboxylic acids is 1. The summed E-state index contributed by atoms with van der Waals surface area (Å²) in [4.78, 5) is 11.3. The van der Waals surface area contributed by atoms with Gasteiger partial charge in [-0.3, -0.25) is 0 Å². The zero-order valence-electron chi connectivity index (χ0n) is 13.7. The first kappa shape index (κ1) is 24.1. The van der Waals surface area contributed by atoms with Gasteiger partial charge in [0.2, 0.25) is 0 Å². The fourth-order valence-electron chi connectivity index (χ4n) is 1.59. The van der Waals surface area contributed by atoms with Gasteiger partial charge in [-0.05, 0) is 19.1 Å². The molecule has 1 aromatic carbocycles. The van der Waals surface area contributed by atoms with Gasteiger partial charge in [-0.2, -0.15) is 35.8 Å². The molecule has 0 amide bonds. The number of nitrogens with zero attached hydrogens (tertiary/aromatic N) is 1. The molecule has 0 aliphatic rings. The van der Waals surface area contributed by atoms with Gasteiger partial charge in [0.15, 0.2) is 6.61 Å². The number of esters is 1. The van der Waals surface area contributed by atoms with Crippen molar-refractivity contribution < 1.29 is 45.0 Å². The highest BCUT2D eigenvalue weighted by molar-refractivity contribution is 6.36. The van der Waals surface area contributed by atoms with Crippen molar-refractivity contribution in [3.8, 4) is 5.75 Å². The van der Waals surface area contributed by atoms with Crippen LogP contribution in [0.5, 0.6) is 5.75 Å². The Kier molecular flexibility index (Phi) is 7.77. The third-order valence-electron chi connectivity index (χ3n) is 2.84. The van der Waals surface area contributed by atoms with Crippen molar-refractivity contribution in [2.24, 2.45) is 5.10 Å². The van der Waals surface area contributed by atoms with Crippen LogP contribution in [0.25, 0.3) is 0 Å². The van der Waals surface area contributed by atoms with Gasteiger partial charge in [0.1, 0.15) is 5.75 Å². The van der Waals surface area contributed by atoms with Crippen LogP contribution in [-0.4, -0.2) is 43.5 Å². The summed E-state index contributed by atoms with van der Waals surface area (Å²) in [7, 11) is 0. The molecule has 1 rings (SSSR count). The van der Waals surface area contributed by atoms with Crippen molar-refractivity contribution in [1.82, 2.24) is 5.43 Å². The van der Waals surface area contributed by atoms with E-state index >= 15 is 0 Å². The Morgan fingerprint density at radius 3 is 2.32 bits per heavy atom. The smallest absolute Gasteiger partial charge is 0.462 e. The molecule has 28 heavy (non-hydrogen) atoms. The second-order valence-electron chi connectivity index (χ2n) is 4.92. The minimum absolute atomic E-state index is 0.0390. The molecule has 1 aromatic rings. The molecule has 0 aromatic heterocycles. The van der Waals surface area contributed by atoms with Gasteiger partial charge in [-0.1, -0.05) is 23.2 Å². The predicted octanol–water partition coefficient (Wildman–Crippen LogP) is 4.65. The van der Waals surface area contributed by atoms with Crippen LogP contribution in [0.15, 0.2) is 17.2 Å². The topological polar surface area (TPSA) is 59.9 Å². The maximum atomic E-state index is 13.2. The molecule has 0 fully saturated rings. The molecule has 0 spiro atoms. The number of hydrogen-bond donors (Lipinski definition) is 1. The number of benzene rings is 1. The first-order valence-electron chi connectivity index (χ1n) is 7.13. The van der Waals surface area contributed by atoms with Crippen molar-refractivity contribution in [1.29, 1.82) is 0 Å². The maximum Gasteiger partial charge on any atom is 0.462 e. The molecule has 0 heterocycles. The Hall–Kier alpha value is -1.95. The standard InChI is InChI=1S/C14H11Cl2F7N2O3/c1-2-27-10(26)6-28-11-7(3-8(15)4-9(11)16)5-24-25-14(22,23)12(17,18)13(19,20)21/h3-5,25H,2,6H2,1H3/b24-5-. The average Bonchev–Trinajstić information content (AvgIpc) is 2.52. The highest BCUT2D eigenvalue weighted by Gasteiger charge is 2.73. The zero-order chi connectivity index (χ0) is 21.8. The second-order valence-corrected chi connectivity index (χ2v) is 5.76. The van der Waals surface area contributed by atoms with E-state index in [-0.39, 0.29) is 28.0 Å². The van der Waals surface area contributed by atoms with Crippen LogP contribution in [0.4, 0.5) is 30.7 Å². The molecule has 0 radical (unpaired) electrons. The van der Waals surface area contributed by atoms with Gasteiger partial charge in [-0.15, -0.1) is 0 Å². The van der Waals surface area contributed by atoms with E-state index in [0.717, 1.165) is 12.1 Å². The summed E-state index contributed by atoms with van der Waals surface area (Å²) >= 11 is 11.5. The van der Waals surface area contributed by atoms with Crippen LogP contribution in [0.3, 0.4) is 0 Å². The summed E-state index contributed by atoms with van der Waals surface area (Å²) in [5.41, 5.74) is 0.147. The lowest BCUT2D eigenvalue weighted by atomic mass is 10.2. The Balaban J connectivity index is 3.06. The van der Waals surface area contributed by atoms with E-state index in [1.807, 2.05) is 0 Å². The lowest BCUT2D eigenvalue weighted by molar-refractivity contribution is -0.361. The van der Waals surface area contributed by atoms with Gasteiger partial charge in [0.05, 0.1) is 17.8 Å². The Morgan fingerprint density at radius 2 is 1.79 bits per heavy atom. The van der Waals surface area contributed by atoms with E-state index in [4.69, 9.17) is 27.9 Å². The summed E-state index contributed by atoms with van der Waals surface area (Å²) in [6.45, 7) is 0.900. The molecule has 0 bridgehead atoms. The third kappa shape index (κ3) is 5.77. The molecule has 0 saturated heterocycles. The number of ether oxygens (including phenoxy) is 2. The molecule has 0 saturated carbocycles. The number of halogens is 9. The lowest BCUT2D eigenvalue weighted by Crippen LogP contribution is -2.58. The van der Waals surface area contributed by atoms with E-state index < -0.39 is 30.7 Å². The van der Waals surface area contributed by atoms with E-state index in [1.165, 1.54) is 6.92 Å². The van der Waals surface area contributed by atoms with Crippen LogP contribution >= 0.6 is 23.2 Å². The van der Waals surface area contributed by atoms with E-state index in [9.17, 15) is 35.5 Å². The van der Waals surface area contributed by atoms with Gasteiger partial charge >= 0.3 is 24.1 Å². The Morgan fingerprint density at radius 1 is 1.18 bits per heavy atom. The van der Waals surface area contributed by atoms with Crippen molar-refractivity contribution in [2.45, 2.75) is 25.1 Å². The maximum absolute atomic E-state index is 13.2. The van der Waals surface area contributed by atoms with E-state index in [2.05, 4.69) is 9.84 Å². The number of hydrazone groups is 1. The summed E-state index contributed by atoms with van der Waals surface area (Å²) in [6, 6.07) is -3.59. The van der Waals surface area contributed by atoms with Crippen LogP contribution in [-0.2, 0) is 9.53 Å². The molecule has 0 unspecified atom stereocenters. The van der Waals surface area contributed by atoms with Gasteiger partial charge < -0.3 is 9.47 Å². The number of hydrogen-bond acceptors (Lipinski definition) is 5. The largest absolute Gasteiger partial charge is 0.480 e. The Labute approximate surface area is 163 Å². The minimum Gasteiger partial charge on any atom is -0.480 e. The number of nitrogens with one attached hydrogen (secondary N) is 1. The summed E-state index contributed by atoms with van der Waals surface area (Å²) in [5, 5.41) is 2.40. The molecule has 1 N–H and O–H groups in total. The third-order valence-corrected chi connectivity index (χ3v) is 3.33. The van der Waals surface area contributed by atoms with Crippen molar-refractivity contribution >= 4 is 35.4 Å². The molecule has 158 valence electrons. The summed E-state index contributed by atoms with van der Waals surface area (Å²) in [5.74, 6) is -7.53. The summed E-state index contributed by atoms with van der Waals surface area (Å²) in [6.07, 6.45) is -6.11. The molecular weight excluding hydrogens is 448 g/mol. The van der Waals surface area contributed by atoms with Crippen LogP contribution in [0.2, 0.25) is 10.0 Å². The van der Waals surface area contributed by atoms with E-state index in [1.54, 1.807) is 0 Å². The fourth-order valence-corrected chi connectivity index (χ4v) is 2.16. The molecule has 5 nitrogen and oxygen atoms in total. The van der Waals surface area contributed by atoms with Gasteiger partial charge in [0.25, 0.3) is 0 Å². The first-order chi connectivity index (χ1) is 12.7. The van der Waals surface area contributed by atoms with Crippen molar-refractivity contribution in [3.05, 3.63) is 27.7 Å². The van der Waals surface area contributed by atoms with Crippen LogP contribution < -0.4 is 10.2 Å². The van der Waals surface area contributed by atoms with Crippen molar-refractivity contribution in [3.63, 3.8) is 0 Å². The van der Waals surface area contributed by atoms with Gasteiger partial charge in [0, 0.05) is 10.6 Å². The minimum atomic E-state index is -6.52. The molecular formula is C14H11Cl2F7N2O3. The lowest BCUT2D eigenvalue weighted by Gasteiger charge is -2.27. The predicted molar refractivity (Wildman–Crippen MR) is 85.3 cm³/mol. The molecule has 0 atom stereocenters. The van der Waals surface area contributed by atoms with Crippen LogP contribution in [0.1, 0.15) is 12.5 Å². The van der Waals surface area contributed by atoms with Gasteiger partial charge in [-0.25, -0.2) is 10.2 Å². The SMILES string of the molecule is CCOC(=O)COc1c(Cl)cc(Cl)cc1/C=N\NC(F)(F)C(F)(F)C(F)(F)F. The Bertz CT molecular complexity index is 742. The van der Waals surface area contributed by atoms with E-state index in [0.29, 0.717) is 11.6 Å². The average molecular weight is 459 g/mol. The second kappa shape index (κ2) is 9.03. The van der Waals surface area contributed by atoms with Crippen LogP contribution in [0, 0.1) is 0 Å². The first-order valence-corrected chi connectivity index (χ1v) is 7.88. The molecule has 0 aliphatic carbocycles.